The zero-order valence-electron chi connectivity index (χ0n) is 18.7. The Balaban J connectivity index is 1.69. The van der Waals surface area contributed by atoms with Crippen LogP contribution in [0.15, 0.2) is 69.1 Å². The van der Waals surface area contributed by atoms with Crippen LogP contribution in [0.2, 0.25) is 0 Å². The second-order valence-corrected chi connectivity index (χ2v) is 8.41. The molecule has 4 rings (SSSR count). The number of hydrogen-bond donors (Lipinski definition) is 0. The molecule has 0 radical (unpaired) electrons. The third-order valence-electron chi connectivity index (χ3n) is 5.00. The topological polar surface area (TPSA) is 156 Å². The standard InChI is InChI=1S/C23H17BrN6O6/c1-2-3-21-27-18-7-5-15(24)11-17(18)23(31)28(21)26-12-14-4-8-20(19(10-14)30(34)35)36-22-9-6-16(13-25-22)29(32)33/h4-13H,2-3H2,1H3. The zero-order chi connectivity index (χ0) is 25.8. The first-order valence-electron chi connectivity index (χ1n) is 10.6. The molecule has 0 spiro atoms. The fourth-order valence-electron chi connectivity index (χ4n) is 3.32. The van der Waals surface area contributed by atoms with Gasteiger partial charge in [-0.05, 0) is 36.8 Å². The molecular weight excluding hydrogens is 536 g/mol. The van der Waals surface area contributed by atoms with Gasteiger partial charge in [-0.1, -0.05) is 22.9 Å². The highest BCUT2D eigenvalue weighted by Gasteiger charge is 2.18. The van der Waals surface area contributed by atoms with Gasteiger partial charge in [-0.2, -0.15) is 9.78 Å². The molecule has 36 heavy (non-hydrogen) atoms. The van der Waals surface area contributed by atoms with Gasteiger partial charge in [0.1, 0.15) is 12.0 Å². The van der Waals surface area contributed by atoms with Crippen molar-refractivity contribution in [2.45, 2.75) is 19.8 Å². The largest absolute Gasteiger partial charge is 0.432 e. The van der Waals surface area contributed by atoms with Gasteiger partial charge >= 0.3 is 5.69 Å². The molecule has 0 atom stereocenters. The zero-order valence-corrected chi connectivity index (χ0v) is 20.3. The fraction of sp³-hybridized carbons (Fsp3) is 0.130. The van der Waals surface area contributed by atoms with E-state index in [9.17, 15) is 25.0 Å². The number of rotatable bonds is 8. The molecule has 12 nitrogen and oxygen atoms in total. The number of nitro benzene ring substituents is 1. The van der Waals surface area contributed by atoms with Crippen molar-refractivity contribution in [1.29, 1.82) is 0 Å². The predicted octanol–water partition coefficient (Wildman–Crippen LogP) is 5.00. The van der Waals surface area contributed by atoms with E-state index in [2.05, 4.69) is 31.0 Å². The van der Waals surface area contributed by atoms with Crippen molar-refractivity contribution in [3.05, 3.63) is 101 Å². The van der Waals surface area contributed by atoms with E-state index in [1.165, 1.54) is 41.2 Å². The fourth-order valence-corrected chi connectivity index (χ4v) is 3.68. The molecule has 0 N–H and O–H groups in total. The molecule has 0 fully saturated rings. The number of benzene rings is 2. The van der Waals surface area contributed by atoms with Gasteiger partial charge < -0.3 is 4.74 Å². The second-order valence-electron chi connectivity index (χ2n) is 7.50. The van der Waals surface area contributed by atoms with Gasteiger partial charge in [-0.25, -0.2) is 9.97 Å². The molecule has 0 aliphatic heterocycles. The first-order chi connectivity index (χ1) is 17.3. The molecule has 2 heterocycles. The Morgan fingerprint density at radius 2 is 1.92 bits per heavy atom. The van der Waals surface area contributed by atoms with Crippen LogP contribution in [-0.4, -0.2) is 30.7 Å². The number of fused-ring (bicyclic) bond motifs is 1. The molecule has 182 valence electrons. The Labute approximate surface area is 211 Å². The summed E-state index contributed by atoms with van der Waals surface area (Å²) in [6.07, 6.45) is 3.56. The van der Waals surface area contributed by atoms with E-state index in [-0.39, 0.29) is 28.6 Å². The monoisotopic (exact) mass is 552 g/mol. The van der Waals surface area contributed by atoms with Crippen molar-refractivity contribution in [3.63, 3.8) is 0 Å². The Morgan fingerprint density at radius 3 is 2.58 bits per heavy atom. The van der Waals surface area contributed by atoms with Gasteiger partial charge in [-0.15, -0.1) is 0 Å². The molecule has 0 saturated carbocycles. The third-order valence-corrected chi connectivity index (χ3v) is 5.49. The summed E-state index contributed by atoms with van der Waals surface area (Å²) >= 11 is 3.35. The Morgan fingerprint density at radius 1 is 1.11 bits per heavy atom. The maximum absolute atomic E-state index is 13.1. The number of pyridine rings is 1. The molecule has 0 saturated heterocycles. The van der Waals surface area contributed by atoms with Crippen molar-refractivity contribution in [2.75, 3.05) is 0 Å². The molecule has 4 aromatic rings. The van der Waals surface area contributed by atoms with Crippen molar-refractivity contribution in [1.82, 2.24) is 14.6 Å². The summed E-state index contributed by atoms with van der Waals surface area (Å²) in [5.41, 5.74) is -0.0818. The lowest BCUT2D eigenvalue weighted by Crippen LogP contribution is -2.22. The van der Waals surface area contributed by atoms with E-state index in [4.69, 9.17) is 4.74 Å². The van der Waals surface area contributed by atoms with Crippen LogP contribution in [0.4, 0.5) is 11.4 Å². The minimum atomic E-state index is -0.637. The van der Waals surface area contributed by atoms with Gasteiger partial charge in [0.25, 0.3) is 11.2 Å². The van der Waals surface area contributed by atoms with Crippen LogP contribution in [0.25, 0.3) is 10.9 Å². The third kappa shape index (κ3) is 5.25. The molecule has 0 aliphatic carbocycles. The number of aryl methyl sites for hydroxylation is 1. The molecule has 0 unspecified atom stereocenters. The van der Waals surface area contributed by atoms with E-state index in [0.29, 0.717) is 28.7 Å². The number of ether oxygens (including phenoxy) is 1. The number of nitrogens with zero attached hydrogens (tertiary/aromatic N) is 6. The lowest BCUT2D eigenvalue weighted by atomic mass is 10.2. The Hall–Kier alpha value is -4.52. The smallest absolute Gasteiger partial charge is 0.312 e. The SMILES string of the molecule is CCCc1nc2ccc(Br)cc2c(=O)n1N=Cc1ccc(Oc2ccc([N+](=O)[O-])cn2)c([N+](=O)[O-])c1. The quantitative estimate of drug-likeness (QED) is 0.168. The number of aromatic nitrogens is 3. The van der Waals surface area contributed by atoms with Gasteiger partial charge in [0.2, 0.25) is 11.6 Å². The van der Waals surface area contributed by atoms with Crippen molar-refractivity contribution in [3.8, 4) is 11.6 Å². The molecule has 2 aromatic carbocycles. The number of halogens is 1. The molecule has 0 amide bonds. The number of hydrogen-bond acceptors (Lipinski definition) is 9. The van der Waals surface area contributed by atoms with Crippen molar-refractivity contribution in [2.24, 2.45) is 5.10 Å². The maximum Gasteiger partial charge on any atom is 0.312 e. The van der Waals surface area contributed by atoms with E-state index in [1.54, 1.807) is 18.2 Å². The summed E-state index contributed by atoms with van der Waals surface area (Å²) in [7, 11) is 0. The van der Waals surface area contributed by atoms with E-state index >= 15 is 0 Å². The van der Waals surface area contributed by atoms with E-state index in [0.717, 1.165) is 17.1 Å². The summed E-state index contributed by atoms with van der Waals surface area (Å²) in [5, 5.41) is 27.1. The molecule has 0 bridgehead atoms. The van der Waals surface area contributed by atoms with Crippen LogP contribution in [0.1, 0.15) is 24.7 Å². The summed E-state index contributed by atoms with van der Waals surface area (Å²) in [5.74, 6) is 0.307. The minimum absolute atomic E-state index is 0.0470. The summed E-state index contributed by atoms with van der Waals surface area (Å²) in [4.78, 5) is 42.6. The van der Waals surface area contributed by atoms with Crippen LogP contribution in [0.3, 0.4) is 0 Å². The molecule has 0 aliphatic rings. The lowest BCUT2D eigenvalue weighted by Gasteiger charge is -2.09. The van der Waals surface area contributed by atoms with E-state index < -0.39 is 9.85 Å². The first kappa shape index (κ1) is 24.6. The van der Waals surface area contributed by atoms with Crippen LogP contribution in [0.5, 0.6) is 11.6 Å². The van der Waals surface area contributed by atoms with Crippen molar-refractivity contribution < 1.29 is 14.6 Å². The second kappa shape index (κ2) is 10.4. The average Bonchev–Trinajstić information content (AvgIpc) is 2.85. The highest BCUT2D eigenvalue weighted by Crippen LogP contribution is 2.31. The summed E-state index contributed by atoms with van der Waals surface area (Å²) in [6.45, 7) is 1.95. The first-order valence-corrected chi connectivity index (χ1v) is 11.4. The predicted molar refractivity (Wildman–Crippen MR) is 135 cm³/mol. The summed E-state index contributed by atoms with van der Waals surface area (Å²) in [6, 6.07) is 11.7. The van der Waals surface area contributed by atoms with Gasteiger partial charge in [0, 0.05) is 34.7 Å². The lowest BCUT2D eigenvalue weighted by molar-refractivity contribution is -0.385. The highest BCUT2D eigenvalue weighted by molar-refractivity contribution is 9.10. The maximum atomic E-state index is 13.1. The van der Waals surface area contributed by atoms with Crippen LogP contribution < -0.4 is 10.3 Å². The minimum Gasteiger partial charge on any atom is -0.432 e. The Bertz CT molecular complexity index is 1570. The van der Waals surface area contributed by atoms with Crippen LogP contribution in [-0.2, 0) is 6.42 Å². The van der Waals surface area contributed by atoms with E-state index in [1.807, 2.05) is 6.92 Å². The number of nitro groups is 2. The molecular formula is C23H17BrN6O6. The average molecular weight is 553 g/mol. The molecule has 13 heteroatoms. The van der Waals surface area contributed by atoms with Crippen LogP contribution >= 0.6 is 15.9 Å². The van der Waals surface area contributed by atoms with Gasteiger partial charge in [0.05, 0.1) is 27.0 Å². The Kier molecular flexibility index (Phi) is 7.10. The summed E-state index contributed by atoms with van der Waals surface area (Å²) < 4.78 is 7.38. The van der Waals surface area contributed by atoms with Crippen LogP contribution in [0, 0.1) is 20.2 Å². The van der Waals surface area contributed by atoms with Gasteiger partial charge in [-0.3, -0.25) is 25.0 Å². The van der Waals surface area contributed by atoms with Gasteiger partial charge in [0.15, 0.2) is 0 Å². The normalized spacial score (nSPS) is 11.2. The van der Waals surface area contributed by atoms with Crippen molar-refractivity contribution >= 4 is 44.4 Å². The highest BCUT2D eigenvalue weighted by atomic mass is 79.9. The molecule has 2 aromatic heterocycles.